The molecule has 41 heavy (non-hydrogen) atoms. The van der Waals surface area contributed by atoms with Crippen molar-refractivity contribution >= 4 is 0 Å². The first kappa shape index (κ1) is 28.1. The Morgan fingerprint density at radius 2 is 1.41 bits per heavy atom. The number of ether oxygens (including phenoxy) is 2. The van der Waals surface area contributed by atoms with Crippen molar-refractivity contribution in [2.24, 2.45) is 0 Å². The number of benzene rings is 3. The van der Waals surface area contributed by atoms with E-state index in [0.29, 0.717) is 25.3 Å². The summed E-state index contributed by atoms with van der Waals surface area (Å²) in [6.07, 6.45) is -0.0747. The van der Waals surface area contributed by atoms with Crippen LogP contribution in [0.2, 0.25) is 0 Å². The highest BCUT2D eigenvalue weighted by Crippen LogP contribution is 2.44. The third-order valence-corrected chi connectivity index (χ3v) is 8.44. The number of hydrogen-bond acceptors (Lipinski definition) is 8. The summed E-state index contributed by atoms with van der Waals surface area (Å²) in [5.41, 5.74) is 3.57. The Morgan fingerprint density at radius 3 is 1.95 bits per heavy atom. The van der Waals surface area contributed by atoms with Gasteiger partial charge >= 0.3 is 0 Å². The highest BCUT2D eigenvalue weighted by atomic mass is 16.5. The Kier molecular flexibility index (Phi) is 8.50. The molecule has 0 saturated carbocycles. The Bertz CT molecular complexity index is 1190. The van der Waals surface area contributed by atoms with E-state index in [1.54, 1.807) is 4.90 Å². The lowest BCUT2D eigenvalue weighted by Gasteiger charge is -2.53. The summed E-state index contributed by atoms with van der Waals surface area (Å²) in [5, 5.41) is 27.7. The summed E-state index contributed by atoms with van der Waals surface area (Å²) >= 11 is 0. The predicted molar refractivity (Wildman–Crippen MR) is 157 cm³/mol. The van der Waals surface area contributed by atoms with E-state index in [9.17, 15) is 10.2 Å². The van der Waals surface area contributed by atoms with Crippen LogP contribution < -0.4 is 10.6 Å². The van der Waals surface area contributed by atoms with Crippen LogP contribution in [0.5, 0.6) is 0 Å². The van der Waals surface area contributed by atoms with Crippen molar-refractivity contribution in [2.45, 2.75) is 49.9 Å². The maximum absolute atomic E-state index is 11.0. The van der Waals surface area contributed by atoms with Crippen LogP contribution in [0.3, 0.4) is 0 Å². The fraction of sp³-hybridized carbons (Fsp3) is 0.394. The Balaban J connectivity index is 1.48. The van der Waals surface area contributed by atoms with E-state index >= 15 is 0 Å². The summed E-state index contributed by atoms with van der Waals surface area (Å²) in [5.74, 6) is 0. The van der Waals surface area contributed by atoms with Gasteiger partial charge in [-0.15, -0.1) is 0 Å². The van der Waals surface area contributed by atoms with Crippen LogP contribution in [0.15, 0.2) is 103 Å². The van der Waals surface area contributed by atoms with Gasteiger partial charge in [0.1, 0.15) is 12.5 Å². The largest absolute Gasteiger partial charge is 0.375 e. The highest BCUT2D eigenvalue weighted by Gasteiger charge is 2.48. The first-order chi connectivity index (χ1) is 20.1. The standard InChI is InChI=1S/C33H40N4O4/c1-24-21-37(32(39)35-31(24)38)30-23-36(22-29(41-30)19-28-20-34-17-18-40-28)33(25-11-5-2-6-12-25,26-13-7-3-8-14-26)27-15-9-4-10-16-27/h2-16,21,28-32,34-35,38-39H,17-20,22-23H2,1H3/t28?,29-,30+,31?,32?/m0/s1. The van der Waals surface area contributed by atoms with E-state index < -0.39 is 24.3 Å². The van der Waals surface area contributed by atoms with Gasteiger partial charge in [0.15, 0.2) is 6.35 Å². The van der Waals surface area contributed by atoms with E-state index in [1.165, 1.54) is 0 Å². The molecule has 0 aromatic heterocycles. The Hall–Kier alpha value is -3.08. The molecule has 3 aliphatic rings. The van der Waals surface area contributed by atoms with Crippen LogP contribution in [-0.4, -0.2) is 83.8 Å². The predicted octanol–water partition coefficient (Wildman–Crippen LogP) is 2.79. The van der Waals surface area contributed by atoms with Gasteiger partial charge in [0, 0.05) is 38.8 Å². The van der Waals surface area contributed by atoms with Gasteiger partial charge in [-0.25, -0.2) is 5.32 Å². The highest BCUT2D eigenvalue weighted by molar-refractivity contribution is 5.49. The molecule has 6 rings (SSSR count). The zero-order valence-electron chi connectivity index (χ0n) is 23.5. The second kappa shape index (κ2) is 12.4. The van der Waals surface area contributed by atoms with Crippen molar-refractivity contribution in [1.82, 2.24) is 20.4 Å². The second-order valence-corrected chi connectivity index (χ2v) is 11.1. The van der Waals surface area contributed by atoms with Crippen molar-refractivity contribution in [3.63, 3.8) is 0 Å². The molecular formula is C33H40N4O4. The molecule has 4 N–H and O–H groups in total. The number of morpholine rings is 2. The van der Waals surface area contributed by atoms with Crippen molar-refractivity contribution in [3.05, 3.63) is 119 Å². The second-order valence-electron chi connectivity index (χ2n) is 11.1. The maximum atomic E-state index is 11.0. The monoisotopic (exact) mass is 556 g/mol. The van der Waals surface area contributed by atoms with E-state index in [0.717, 1.165) is 36.2 Å². The lowest BCUT2D eigenvalue weighted by Crippen LogP contribution is -2.64. The lowest BCUT2D eigenvalue weighted by atomic mass is 9.75. The average Bonchev–Trinajstić information content (AvgIpc) is 3.01. The van der Waals surface area contributed by atoms with Crippen molar-refractivity contribution in [3.8, 4) is 0 Å². The van der Waals surface area contributed by atoms with Crippen LogP contribution >= 0.6 is 0 Å². The number of rotatable bonds is 7. The van der Waals surface area contributed by atoms with Crippen LogP contribution in [0, 0.1) is 0 Å². The molecule has 216 valence electrons. The summed E-state index contributed by atoms with van der Waals surface area (Å²) in [4.78, 5) is 4.29. The van der Waals surface area contributed by atoms with Gasteiger partial charge < -0.3 is 29.9 Å². The third kappa shape index (κ3) is 5.69. The molecule has 8 nitrogen and oxygen atoms in total. The molecule has 2 saturated heterocycles. The van der Waals surface area contributed by atoms with Gasteiger partial charge in [-0.05, 0) is 29.2 Å². The van der Waals surface area contributed by atoms with E-state index in [-0.39, 0.29) is 12.2 Å². The summed E-state index contributed by atoms with van der Waals surface area (Å²) in [7, 11) is 0. The first-order valence-corrected chi connectivity index (χ1v) is 14.5. The molecule has 0 radical (unpaired) electrons. The minimum atomic E-state index is -1.09. The van der Waals surface area contributed by atoms with E-state index in [1.807, 2.05) is 13.1 Å². The zero-order chi connectivity index (χ0) is 28.2. The molecule has 3 aromatic carbocycles. The van der Waals surface area contributed by atoms with Gasteiger partial charge in [-0.1, -0.05) is 91.0 Å². The molecule has 2 fully saturated rings. The van der Waals surface area contributed by atoms with Gasteiger partial charge in [0.2, 0.25) is 0 Å². The fourth-order valence-corrected chi connectivity index (χ4v) is 6.51. The SMILES string of the molecule is CC1=CN([C@H]2CN(C(c3ccccc3)(c3ccccc3)c3ccccc3)C[C@H](CC3CNCCO3)O2)C(O)NC1O. The molecule has 3 aromatic rings. The molecule has 0 aliphatic carbocycles. The molecule has 8 heteroatoms. The van der Waals surface area contributed by atoms with Crippen LogP contribution in [0.1, 0.15) is 30.0 Å². The third-order valence-electron chi connectivity index (χ3n) is 8.44. The van der Waals surface area contributed by atoms with Gasteiger partial charge in [0.25, 0.3) is 0 Å². The minimum Gasteiger partial charge on any atom is -0.375 e. The van der Waals surface area contributed by atoms with Gasteiger partial charge in [-0.3, -0.25) is 4.90 Å². The van der Waals surface area contributed by atoms with Crippen molar-refractivity contribution in [2.75, 3.05) is 32.8 Å². The molecule has 3 unspecified atom stereocenters. The number of aliphatic hydroxyl groups is 2. The smallest absolute Gasteiger partial charge is 0.187 e. The van der Waals surface area contributed by atoms with E-state index in [4.69, 9.17) is 9.47 Å². The molecule has 3 heterocycles. The Morgan fingerprint density at radius 1 is 0.829 bits per heavy atom. The minimum absolute atomic E-state index is 0.0393. The summed E-state index contributed by atoms with van der Waals surface area (Å²) in [6.45, 7) is 5.34. The molecule has 0 amide bonds. The number of nitrogens with zero attached hydrogens (tertiary/aromatic N) is 2. The zero-order valence-corrected chi connectivity index (χ0v) is 23.5. The molecule has 5 atom stereocenters. The van der Waals surface area contributed by atoms with Gasteiger partial charge in [-0.2, -0.15) is 0 Å². The van der Waals surface area contributed by atoms with Crippen LogP contribution in [-0.2, 0) is 15.0 Å². The molecule has 0 bridgehead atoms. The van der Waals surface area contributed by atoms with E-state index in [2.05, 4.69) is 107 Å². The quantitative estimate of drug-likeness (QED) is 0.331. The topological polar surface area (TPSA) is 89.5 Å². The van der Waals surface area contributed by atoms with Crippen molar-refractivity contribution < 1.29 is 19.7 Å². The summed E-state index contributed by atoms with van der Waals surface area (Å²) in [6, 6.07) is 31.9. The number of hydrogen-bond donors (Lipinski definition) is 4. The number of nitrogens with one attached hydrogen (secondary N) is 2. The molecular weight excluding hydrogens is 516 g/mol. The molecule has 3 aliphatic heterocycles. The van der Waals surface area contributed by atoms with Crippen LogP contribution in [0.4, 0.5) is 0 Å². The average molecular weight is 557 g/mol. The first-order valence-electron chi connectivity index (χ1n) is 14.5. The normalized spacial score (nSPS) is 27.8. The van der Waals surface area contributed by atoms with Gasteiger partial charge in [0.05, 0.1) is 24.4 Å². The van der Waals surface area contributed by atoms with Crippen molar-refractivity contribution in [1.29, 1.82) is 0 Å². The lowest BCUT2D eigenvalue weighted by molar-refractivity contribution is -0.204. The fourth-order valence-electron chi connectivity index (χ4n) is 6.51. The maximum Gasteiger partial charge on any atom is 0.187 e. The van der Waals surface area contributed by atoms with Crippen LogP contribution in [0.25, 0.3) is 0 Å². The Labute approximate surface area is 242 Å². The number of aliphatic hydroxyl groups excluding tert-OH is 2. The molecule has 0 spiro atoms. The summed E-state index contributed by atoms with van der Waals surface area (Å²) < 4.78 is 12.9.